The van der Waals surface area contributed by atoms with Gasteiger partial charge in [0.1, 0.15) is 0 Å². The molecule has 0 unspecified atom stereocenters. The van der Waals surface area contributed by atoms with E-state index >= 15 is 0 Å². The number of hydrogen-bond donors (Lipinski definition) is 2. The molecular weight excluding hydrogens is 384 g/mol. The molecule has 0 aliphatic carbocycles. The number of rotatable bonds is 2. The Morgan fingerprint density at radius 2 is 1.70 bits per heavy atom. The van der Waals surface area contributed by atoms with E-state index in [1.54, 1.807) is 12.1 Å². The molecule has 0 aliphatic heterocycles. The van der Waals surface area contributed by atoms with Crippen molar-refractivity contribution >= 4 is 49.1 Å². The third-order valence-electron chi connectivity index (χ3n) is 2.93. The molecule has 2 aromatic rings. The maximum absolute atomic E-state index is 12.4. The van der Waals surface area contributed by atoms with E-state index in [2.05, 4.69) is 37.2 Å². The number of halogens is 2. The van der Waals surface area contributed by atoms with Crippen molar-refractivity contribution in [1.29, 1.82) is 0 Å². The first kappa shape index (κ1) is 15.1. The second kappa shape index (κ2) is 5.97. The number of aryl methyl sites for hydroxylation is 2. The van der Waals surface area contributed by atoms with Crippen LogP contribution in [-0.4, -0.2) is 5.91 Å². The van der Waals surface area contributed by atoms with Crippen LogP contribution in [0.5, 0.6) is 0 Å². The zero-order chi connectivity index (χ0) is 14.9. The molecule has 0 aliphatic rings. The van der Waals surface area contributed by atoms with Crippen LogP contribution in [0, 0.1) is 13.8 Å². The highest BCUT2D eigenvalue weighted by atomic mass is 79.9. The standard InChI is InChI=1S/C15H14Br2N2O/c1-8-3-4-11(9(2)5-8)15(20)19-14-12(16)6-10(18)7-13(14)17/h3-7H,18H2,1-2H3,(H,19,20). The summed E-state index contributed by atoms with van der Waals surface area (Å²) >= 11 is 6.81. The van der Waals surface area contributed by atoms with E-state index in [4.69, 9.17) is 5.73 Å². The smallest absolute Gasteiger partial charge is 0.255 e. The maximum Gasteiger partial charge on any atom is 0.255 e. The first-order valence-corrected chi connectivity index (χ1v) is 7.60. The van der Waals surface area contributed by atoms with Gasteiger partial charge in [-0.25, -0.2) is 0 Å². The number of carbonyl (C=O) groups is 1. The lowest BCUT2D eigenvalue weighted by Gasteiger charge is -2.12. The summed E-state index contributed by atoms with van der Waals surface area (Å²) < 4.78 is 1.48. The van der Waals surface area contributed by atoms with Crippen molar-refractivity contribution < 1.29 is 4.79 Å². The molecule has 0 atom stereocenters. The molecule has 0 fully saturated rings. The summed E-state index contributed by atoms with van der Waals surface area (Å²) in [5.41, 5.74) is 9.77. The van der Waals surface area contributed by atoms with Crippen molar-refractivity contribution in [2.75, 3.05) is 11.1 Å². The van der Waals surface area contributed by atoms with Crippen LogP contribution in [0.2, 0.25) is 0 Å². The molecule has 3 N–H and O–H groups in total. The molecule has 104 valence electrons. The minimum absolute atomic E-state index is 0.145. The lowest BCUT2D eigenvalue weighted by molar-refractivity contribution is 0.102. The van der Waals surface area contributed by atoms with Gasteiger partial charge in [0.25, 0.3) is 5.91 Å². The van der Waals surface area contributed by atoms with Crippen molar-refractivity contribution in [1.82, 2.24) is 0 Å². The minimum atomic E-state index is -0.145. The molecule has 2 rings (SSSR count). The van der Waals surface area contributed by atoms with Gasteiger partial charge in [-0.15, -0.1) is 0 Å². The van der Waals surface area contributed by atoms with Crippen LogP contribution in [0.25, 0.3) is 0 Å². The number of anilines is 2. The number of nitrogens with one attached hydrogen (secondary N) is 1. The lowest BCUT2D eigenvalue weighted by atomic mass is 10.1. The Morgan fingerprint density at radius 3 is 2.25 bits per heavy atom. The van der Waals surface area contributed by atoms with Gasteiger partial charge in [0.15, 0.2) is 0 Å². The first-order chi connectivity index (χ1) is 9.38. The summed E-state index contributed by atoms with van der Waals surface area (Å²) in [6, 6.07) is 9.25. The highest BCUT2D eigenvalue weighted by molar-refractivity contribution is 9.11. The molecule has 0 saturated heterocycles. The van der Waals surface area contributed by atoms with Crippen LogP contribution in [0.3, 0.4) is 0 Å². The lowest BCUT2D eigenvalue weighted by Crippen LogP contribution is -2.14. The van der Waals surface area contributed by atoms with Gasteiger partial charge in [0, 0.05) is 20.2 Å². The summed E-state index contributed by atoms with van der Waals surface area (Å²) in [5.74, 6) is -0.145. The normalized spacial score (nSPS) is 10.4. The predicted octanol–water partition coefficient (Wildman–Crippen LogP) is 4.66. The Balaban J connectivity index is 2.33. The fourth-order valence-corrected chi connectivity index (χ4v) is 3.38. The zero-order valence-corrected chi connectivity index (χ0v) is 14.3. The zero-order valence-electron chi connectivity index (χ0n) is 11.1. The Morgan fingerprint density at radius 1 is 1.10 bits per heavy atom. The topological polar surface area (TPSA) is 55.1 Å². The summed E-state index contributed by atoms with van der Waals surface area (Å²) in [6.07, 6.45) is 0. The molecule has 0 aromatic heterocycles. The van der Waals surface area contributed by atoms with Crippen molar-refractivity contribution in [2.24, 2.45) is 0 Å². The number of nitrogens with two attached hydrogens (primary N) is 1. The molecule has 0 spiro atoms. The van der Waals surface area contributed by atoms with E-state index in [1.165, 1.54) is 0 Å². The van der Waals surface area contributed by atoms with Crippen molar-refractivity contribution in [3.63, 3.8) is 0 Å². The number of benzene rings is 2. The Bertz CT molecular complexity index is 661. The van der Waals surface area contributed by atoms with Crippen LogP contribution in [-0.2, 0) is 0 Å². The number of hydrogen-bond acceptors (Lipinski definition) is 2. The second-order valence-corrected chi connectivity index (χ2v) is 6.34. The van der Waals surface area contributed by atoms with Gasteiger partial charge in [-0.05, 0) is 69.5 Å². The Kier molecular flexibility index (Phi) is 4.50. The van der Waals surface area contributed by atoms with Crippen LogP contribution in [0.4, 0.5) is 11.4 Å². The van der Waals surface area contributed by atoms with Crippen molar-refractivity contribution in [3.05, 3.63) is 56.0 Å². The predicted molar refractivity (Wildman–Crippen MR) is 90.1 cm³/mol. The summed E-state index contributed by atoms with van der Waals surface area (Å²) in [7, 11) is 0. The van der Waals surface area contributed by atoms with E-state index in [0.29, 0.717) is 16.9 Å². The SMILES string of the molecule is Cc1ccc(C(=O)Nc2c(Br)cc(N)cc2Br)c(C)c1. The molecule has 1 amide bonds. The average Bonchev–Trinajstić information content (AvgIpc) is 2.33. The van der Waals surface area contributed by atoms with E-state index in [9.17, 15) is 4.79 Å². The summed E-state index contributed by atoms with van der Waals surface area (Å²) in [6.45, 7) is 3.93. The maximum atomic E-state index is 12.4. The van der Waals surface area contributed by atoms with Gasteiger partial charge in [-0.2, -0.15) is 0 Å². The fourth-order valence-electron chi connectivity index (χ4n) is 1.96. The highest BCUT2D eigenvalue weighted by Crippen LogP contribution is 2.33. The van der Waals surface area contributed by atoms with E-state index in [0.717, 1.165) is 20.1 Å². The molecule has 0 bridgehead atoms. The van der Waals surface area contributed by atoms with Crippen molar-refractivity contribution in [2.45, 2.75) is 13.8 Å². The van der Waals surface area contributed by atoms with Gasteiger partial charge in [0.05, 0.1) is 5.69 Å². The minimum Gasteiger partial charge on any atom is -0.399 e. The largest absolute Gasteiger partial charge is 0.399 e. The molecule has 0 heterocycles. The second-order valence-electron chi connectivity index (χ2n) is 4.63. The highest BCUT2D eigenvalue weighted by Gasteiger charge is 2.13. The molecule has 2 aromatic carbocycles. The quantitative estimate of drug-likeness (QED) is 0.723. The molecule has 5 heteroatoms. The molecular formula is C15H14Br2N2O. The fraction of sp³-hybridized carbons (Fsp3) is 0.133. The van der Waals surface area contributed by atoms with Gasteiger partial charge in [-0.1, -0.05) is 17.7 Å². The van der Waals surface area contributed by atoms with E-state index in [1.807, 2.05) is 32.0 Å². The average molecular weight is 398 g/mol. The van der Waals surface area contributed by atoms with E-state index in [-0.39, 0.29) is 5.91 Å². The molecule has 20 heavy (non-hydrogen) atoms. The number of carbonyl (C=O) groups excluding carboxylic acids is 1. The van der Waals surface area contributed by atoms with Crippen LogP contribution >= 0.6 is 31.9 Å². The molecule has 0 radical (unpaired) electrons. The van der Waals surface area contributed by atoms with Gasteiger partial charge >= 0.3 is 0 Å². The Hall–Kier alpha value is -1.33. The third kappa shape index (κ3) is 3.22. The number of nitrogen functional groups attached to an aromatic ring is 1. The van der Waals surface area contributed by atoms with Gasteiger partial charge < -0.3 is 11.1 Å². The van der Waals surface area contributed by atoms with E-state index < -0.39 is 0 Å². The summed E-state index contributed by atoms with van der Waals surface area (Å²) in [5, 5.41) is 2.89. The van der Waals surface area contributed by atoms with Crippen LogP contribution in [0.15, 0.2) is 39.3 Å². The van der Waals surface area contributed by atoms with Gasteiger partial charge in [-0.3, -0.25) is 4.79 Å². The van der Waals surface area contributed by atoms with Crippen LogP contribution < -0.4 is 11.1 Å². The van der Waals surface area contributed by atoms with Crippen LogP contribution in [0.1, 0.15) is 21.5 Å². The molecule has 3 nitrogen and oxygen atoms in total. The monoisotopic (exact) mass is 396 g/mol. The summed E-state index contributed by atoms with van der Waals surface area (Å²) in [4.78, 5) is 12.4. The van der Waals surface area contributed by atoms with Gasteiger partial charge in [0.2, 0.25) is 0 Å². The number of amides is 1. The Labute approximate surface area is 134 Å². The third-order valence-corrected chi connectivity index (χ3v) is 4.18. The first-order valence-electron chi connectivity index (χ1n) is 6.01. The van der Waals surface area contributed by atoms with Crippen molar-refractivity contribution in [3.8, 4) is 0 Å². The molecule has 0 saturated carbocycles.